The lowest BCUT2D eigenvalue weighted by Crippen LogP contribution is -2.27. The number of nitrogens with zero attached hydrogens (tertiary/aromatic N) is 1. The van der Waals surface area contributed by atoms with Crippen molar-refractivity contribution in [1.82, 2.24) is 4.90 Å². The van der Waals surface area contributed by atoms with Gasteiger partial charge in [0.25, 0.3) is 15.0 Å². The molecule has 0 fully saturated rings. The molecule has 1 rings (SSSR count). The minimum Gasteiger partial charge on any atom is -0.484 e. The van der Waals surface area contributed by atoms with E-state index in [4.69, 9.17) is 15.4 Å². The number of halogens is 1. The number of benzene rings is 1. The van der Waals surface area contributed by atoms with Gasteiger partial charge in [-0.15, -0.1) is 0 Å². The molecule has 1 amide bonds. The lowest BCUT2D eigenvalue weighted by Gasteiger charge is -2.11. The van der Waals surface area contributed by atoms with Gasteiger partial charge in [0.2, 0.25) is 0 Å². The van der Waals surface area contributed by atoms with Crippen molar-refractivity contribution < 1.29 is 17.9 Å². The Morgan fingerprint density at radius 3 is 2.24 bits per heavy atom. The summed E-state index contributed by atoms with van der Waals surface area (Å²) in [6.07, 6.45) is 0. The van der Waals surface area contributed by atoms with Crippen LogP contribution in [-0.4, -0.2) is 39.9 Å². The Kier molecular flexibility index (Phi) is 4.36. The van der Waals surface area contributed by atoms with Crippen LogP contribution in [0.1, 0.15) is 0 Å². The summed E-state index contributed by atoms with van der Waals surface area (Å²) in [6.45, 7) is -0.0973. The molecule has 0 radical (unpaired) electrons. The van der Waals surface area contributed by atoms with Gasteiger partial charge in [0.1, 0.15) is 5.75 Å². The van der Waals surface area contributed by atoms with Crippen molar-refractivity contribution in [2.24, 2.45) is 0 Å². The lowest BCUT2D eigenvalue weighted by atomic mass is 10.3. The molecule has 94 valence electrons. The van der Waals surface area contributed by atoms with Gasteiger partial charge < -0.3 is 9.64 Å². The van der Waals surface area contributed by atoms with Crippen LogP contribution in [0.25, 0.3) is 0 Å². The molecule has 5 nitrogen and oxygen atoms in total. The van der Waals surface area contributed by atoms with E-state index in [-0.39, 0.29) is 17.4 Å². The fourth-order valence-electron chi connectivity index (χ4n) is 0.973. The first kappa shape index (κ1) is 13.8. The zero-order valence-electron chi connectivity index (χ0n) is 9.38. The molecule has 7 heteroatoms. The van der Waals surface area contributed by atoms with Gasteiger partial charge in [-0.1, -0.05) is 0 Å². The Morgan fingerprint density at radius 2 is 1.82 bits per heavy atom. The third-order valence-electron chi connectivity index (χ3n) is 1.97. The third-order valence-corrected chi connectivity index (χ3v) is 3.34. The van der Waals surface area contributed by atoms with Crippen molar-refractivity contribution >= 4 is 25.6 Å². The molecule has 0 unspecified atom stereocenters. The van der Waals surface area contributed by atoms with E-state index in [1.807, 2.05) is 0 Å². The van der Waals surface area contributed by atoms with Crippen LogP contribution in [0.3, 0.4) is 0 Å². The Morgan fingerprint density at radius 1 is 1.29 bits per heavy atom. The molecule has 0 aliphatic rings. The van der Waals surface area contributed by atoms with Crippen molar-refractivity contribution in [1.29, 1.82) is 0 Å². The second-order valence-electron chi connectivity index (χ2n) is 3.49. The van der Waals surface area contributed by atoms with Gasteiger partial charge >= 0.3 is 0 Å². The van der Waals surface area contributed by atoms with Crippen molar-refractivity contribution in [3.63, 3.8) is 0 Å². The number of amides is 1. The maximum atomic E-state index is 11.2. The number of rotatable bonds is 4. The molecule has 0 atom stereocenters. The second-order valence-corrected chi connectivity index (χ2v) is 6.05. The Bertz CT molecular complexity index is 496. The van der Waals surface area contributed by atoms with Gasteiger partial charge in [-0.05, 0) is 24.3 Å². The van der Waals surface area contributed by atoms with Gasteiger partial charge in [0.15, 0.2) is 6.61 Å². The summed E-state index contributed by atoms with van der Waals surface area (Å²) >= 11 is 0. The van der Waals surface area contributed by atoms with Crippen LogP contribution < -0.4 is 4.74 Å². The highest BCUT2D eigenvalue weighted by atomic mass is 35.7. The highest BCUT2D eigenvalue weighted by Crippen LogP contribution is 2.18. The first-order valence-electron chi connectivity index (χ1n) is 4.68. The number of carbonyl (C=O) groups excluding carboxylic acids is 1. The maximum absolute atomic E-state index is 11.2. The van der Waals surface area contributed by atoms with Gasteiger partial charge in [-0.3, -0.25) is 4.79 Å². The molecule has 0 aliphatic carbocycles. The van der Waals surface area contributed by atoms with Crippen molar-refractivity contribution in [3.8, 4) is 5.75 Å². The lowest BCUT2D eigenvalue weighted by molar-refractivity contribution is -0.130. The molecule has 0 bridgehead atoms. The molecule has 17 heavy (non-hydrogen) atoms. The smallest absolute Gasteiger partial charge is 0.261 e. The zero-order valence-corrected chi connectivity index (χ0v) is 11.0. The van der Waals surface area contributed by atoms with E-state index in [1.165, 1.54) is 29.2 Å². The summed E-state index contributed by atoms with van der Waals surface area (Å²) in [5.74, 6) is 0.225. The van der Waals surface area contributed by atoms with E-state index in [1.54, 1.807) is 14.1 Å². The summed E-state index contributed by atoms with van der Waals surface area (Å²) in [5, 5.41) is 0. The van der Waals surface area contributed by atoms with E-state index in [0.29, 0.717) is 5.75 Å². The van der Waals surface area contributed by atoms with Crippen LogP contribution in [0.5, 0.6) is 5.75 Å². The highest BCUT2D eigenvalue weighted by molar-refractivity contribution is 8.13. The Hall–Kier alpha value is -1.27. The molecule has 0 heterocycles. The Labute approximate surface area is 104 Å². The quantitative estimate of drug-likeness (QED) is 0.773. The van der Waals surface area contributed by atoms with Gasteiger partial charge in [-0.25, -0.2) is 8.42 Å². The summed E-state index contributed by atoms with van der Waals surface area (Å²) in [7, 11) is 4.67. The SMILES string of the molecule is CN(C)C(=O)COc1ccc(S(=O)(=O)Cl)cc1. The van der Waals surface area contributed by atoms with E-state index < -0.39 is 9.05 Å². The van der Waals surface area contributed by atoms with E-state index >= 15 is 0 Å². The van der Waals surface area contributed by atoms with Gasteiger partial charge in [0, 0.05) is 24.8 Å². The third kappa shape index (κ3) is 4.24. The molecule has 0 N–H and O–H groups in total. The predicted molar refractivity (Wildman–Crippen MR) is 63.7 cm³/mol. The Balaban J connectivity index is 2.67. The molecule has 0 aromatic heterocycles. The molecule has 1 aromatic carbocycles. The topological polar surface area (TPSA) is 63.7 Å². The first-order chi connectivity index (χ1) is 7.80. The number of hydrogen-bond donors (Lipinski definition) is 0. The molecule has 1 aromatic rings. The van der Waals surface area contributed by atoms with Crippen LogP contribution >= 0.6 is 10.7 Å². The second kappa shape index (κ2) is 5.37. The van der Waals surface area contributed by atoms with Crippen LogP contribution in [0.2, 0.25) is 0 Å². The maximum Gasteiger partial charge on any atom is 0.261 e. The summed E-state index contributed by atoms with van der Waals surface area (Å²) in [4.78, 5) is 12.6. The summed E-state index contributed by atoms with van der Waals surface area (Å²) in [5.41, 5.74) is 0. The van der Waals surface area contributed by atoms with E-state index in [9.17, 15) is 13.2 Å². The normalized spacial score (nSPS) is 11.0. The average Bonchev–Trinajstić information content (AvgIpc) is 2.25. The summed E-state index contributed by atoms with van der Waals surface area (Å²) < 4.78 is 27.1. The van der Waals surface area contributed by atoms with E-state index in [2.05, 4.69) is 0 Å². The fourth-order valence-corrected chi connectivity index (χ4v) is 1.74. The van der Waals surface area contributed by atoms with Crippen molar-refractivity contribution in [2.45, 2.75) is 4.90 Å². The highest BCUT2D eigenvalue weighted by Gasteiger charge is 2.10. The molecule has 0 aliphatic heterocycles. The fraction of sp³-hybridized carbons (Fsp3) is 0.300. The largest absolute Gasteiger partial charge is 0.484 e. The molecule has 0 saturated heterocycles. The van der Waals surface area contributed by atoms with Crippen LogP contribution in [0, 0.1) is 0 Å². The number of hydrogen-bond acceptors (Lipinski definition) is 4. The zero-order chi connectivity index (χ0) is 13.1. The molecule has 0 saturated carbocycles. The monoisotopic (exact) mass is 277 g/mol. The minimum atomic E-state index is -3.72. The van der Waals surface area contributed by atoms with Crippen LogP contribution in [0.15, 0.2) is 29.2 Å². The van der Waals surface area contributed by atoms with Crippen LogP contribution in [-0.2, 0) is 13.8 Å². The number of carbonyl (C=O) groups is 1. The van der Waals surface area contributed by atoms with Crippen molar-refractivity contribution in [2.75, 3.05) is 20.7 Å². The summed E-state index contributed by atoms with van der Waals surface area (Å²) in [6, 6.07) is 5.52. The van der Waals surface area contributed by atoms with Gasteiger partial charge in [-0.2, -0.15) is 0 Å². The average molecular weight is 278 g/mol. The minimum absolute atomic E-state index is 0.00884. The van der Waals surface area contributed by atoms with E-state index in [0.717, 1.165) is 0 Å². The van der Waals surface area contributed by atoms with Gasteiger partial charge in [0.05, 0.1) is 4.90 Å². The standard InChI is InChI=1S/C10H12ClNO4S/c1-12(2)10(13)7-16-8-3-5-9(6-4-8)17(11,14)15/h3-6H,7H2,1-2H3. The predicted octanol–water partition coefficient (Wildman–Crippen LogP) is 1.08. The van der Waals surface area contributed by atoms with Crippen molar-refractivity contribution in [3.05, 3.63) is 24.3 Å². The molecular formula is C10H12ClNO4S. The number of likely N-dealkylation sites (N-methyl/N-ethyl adjacent to an activating group) is 1. The molecule has 0 spiro atoms. The molecular weight excluding hydrogens is 266 g/mol. The van der Waals surface area contributed by atoms with Crippen LogP contribution in [0.4, 0.5) is 0 Å². The number of ether oxygens (including phenoxy) is 1. The first-order valence-corrected chi connectivity index (χ1v) is 6.99.